The van der Waals surface area contributed by atoms with Crippen molar-refractivity contribution < 1.29 is 9.59 Å². The summed E-state index contributed by atoms with van der Waals surface area (Å²) in [7, 11) is 0. The Hall–Kier alpha value is -2.82. The van der Waals surface area contributed by atoms with Gasteiger partial charge in [-0.1, -0.05) is 24.3 Å². The third-order valence-corrected chi connectivity index (χ3v) is 5.70. The Kier molecular flexibility index (Phi) is 6.91. The molecule has 5 nitrogen and oxygen atoms in total. The zero-order chi connectivity index (χ0) is 20.8. The van der Waals surface area contributed by atoms with Gasteiger partial charge in [0.1, 0.15) is 0 Å². The lowest BCUT2D eigenvalue weighted by molar-refractivity contribution is -0.131. The van der Waals surface area contributed by atoms with E-state index in [1.54, 1.807) is 11.8 Å². The lowest BCUT2D eigenvalue weighted by Crippen LogP contribution is -2.39. The lowest BCUT2D eigenvalue weighted by Gasteiger charge is -2.30. The van der Waals surface area contributed by atoms with E-state index in [0.717, 1.165) is 37.4 Å². The minimum absolute atomic E-state index is 0.0441. The van der Waals surface area contributed by atoms with Gasteiger partial charge in [-0.05, 0) is 55.7 Å². The lowest BCUT2D eigenvalue weighted by atomic mass is 10.00. The first kappa shape index (κ1) is 20.9. The van der Waals surface area contributed by atoms with Gasteiger partial charge in [-0.3, -0.25) is 9.59 Å². The van der Waals surface area contributed by atoms with Crippen LogP contribution in [0.5, 0.6) is 0 Å². The van der Waals surface area contributed by atoms with E-state index in [0.29, 0.717) is 19.5 Å². The molecule has 0 fully saturated rings. The van der Waals surface area contributed by atoms with E-state index in [1.807, 2.05) is 41.3 Å². The van der Waals surface area contributed by atoms with Crippen LogP contribution in [0.25, 0.3) is 0 Å². The molecule has 0 bridgehead atoms. The average molecular weight is 394 g/mol. The second-order valence-corrected chi connectivity index (χ2v) is 7.44. The molecule has 2 amide bonds. The number of amides is 2. The second kappa shape index (κ2) is 9.59. The van der Waals surface area contributed by atoms with Crippen LogP contribution in [0.15, 0.2) is 48.5 Å². The summed E-state index contributed by atoms with van der Waals surface area (Å²) in [6.07, 6.45) is 1.23. The van der Waals surface area contributed by atoms with Crippen molar-refractivity contribution in [3.05, 3.63) is 59.7 Å². The number of hydrogen-bond acceptors (Lipinski definition) is 3. The van der Waals surface area contributed by atoms with Crippen LogP contribution in [0.1, 0.15) is 38.3 Å². The number of carbonyl (C=O) groups excluding carboxylic acids is 2. The maximum atomic E-state index is 12.8. The topological polar surface area (TPSA) is 43.9 Å². The molecule has 0 N–H and O–H groups in total. The first-order chi connectivity index (χ1) is 14.0. The molecule has 0 aliphatic carbocycles. The van der Waals surface area contributed by atoms with Gasteiger partial charge in [-0.2, -0.15) is 0 Å². The van der Waals surface area contributed by atoms with E-state index >= 15 is 0 Å². The normalized spacial score (nSPS) is 13.0. The van der Waals surface area contributed by atoms with Crippen molar-refractivity contribution >= 4 is 23.2 Å². The van der Waals surface area contributed by atoms with Crippen molar-refractivity contribution in [1.82, 2.24) is 4.90 Å². The van der Waals surface area contributed by atoms with E-state index in [2.05, 4.69) is 30.9 Å². The van der Waals surface area contributed by atoms with Gasteiger partial charge in [0.25, 0.3) is 0 Å². The molecule has 0 unspecified atom stereocenters. The highest BCUT2D eigenvalue weighted by Crippen LogP contribution is 2.22. The summed E-state index contributed by atoms with van der Waals surface area (Å²) in [5.41, 5.74) is 4.54. The van der Waals surface area contributed by atoms with Crippen molar-refractivity contribution in [1.29, 1.82) is 0 Å². The first-order valence-corrected chi connectivity index (χ1v) is 10.5. The summed E-state index contributed by atoms with van der Waals surface area (Å²) in [5, 5.41) is 0. The van der Waals surface area contributed by atoms with Gasteiger partial charge in [0, 0.05) is 57.4 Å². The van der Waals surface area contributed by atoms with Crippen LogP contribution in [-0.4, -0.2) is 42.9 Å². The van der Waals surface area contributed by atoms with Crippen LogP contribution in [0.3, 0.4) is 0 Å². The summed E-state index contributed by atoms with van der Waals surface area (Å²) in [5.74, 6) is 0.0582. The molecule has 154 valence electrons. The molecule has 2 aromatic rings. The van der Waals surface area contributed by atoms with Gasteiger partial charge < -0.3 is 14.7 Å². The SMILES string of the molecule is CCN(CC)c1ccc(N(CCC(=O)N2CCc3ccccc3C2)C(C)=O)cc1. The van der Waals surface area contributed by atoms with Crippen LogP contribution in [0.2, 0.25) is 0 Å². The molecule has 3 rings (SSSR count). The van der Waals surface area contributed by atoms with E-state index in [4.69, 9.17) is 0 Å². The van der Waals surface area contributed by atoms with E-state index in [9.17, 15) is 9.59 Å². The molecule has 0 saturated heterocycles. The summed E-state index contributed by atoms with van der Waals surface area (Å²) >= 11 is 0. The van der Waals surface area contributed by atoms with E-state index in [1.165, 1.54) is 11.1 Å². The minimum atomic E-state index is -0.0441. The Balaban J connectivity index is 1.62. The highest BCUT2D eigenvalue weighted by molar-refractivity contribution is 5.92. The number of carbonyl (C=O) groups is 2. The number of hydrogen-bond donors (Lipinski definition) is 0. The van der Waals surface area contributed by atoms with Crippen molar-refractivity contribution in [2.45, 2.75) is 40.2 Å². The van der Waals surface area contributed by atoms with Crippen molar-refractivity contribution in [3.8, 4) is 0 Å². The maximum absolute atomic E-state index is 12.8. The molecule has 0 saturated carbocycles. The Morgan fingerprint density at radius 2 is 1.55 bits per heavy atom. The Morgan fingerprint density at radius 3 is 2.17 bits per heavy atom. The van der Waals surface area contributed by atoms with Crippen LogP contribution >= 0.6 is 0 Å². The molecule has 0 aromatic heterocycles. The Bertz CT molecular complexity index is 843. The predicted octanol–water partition coefficient (Wildman–Crippen LogP) is 3.86. The highest BCUT2D eigenvalue weighted by Gasteiger charge is 2.21. The zero-order valence-corrected chi connectivity index (χ0v) is 17.7. The van der Waals surface area contributed by atoms with Crippen LogP contribution < -0.4 is 9.80 Å². The third-order valence-electron chi connectivity index (χ3n) is 5.70. The molecule has 0 radical (unpaired) electrons. The highest BCUT2D eigenvalue weighted by atomic mass is 16.2. The quantitative estimate of drug-likeness (QED) is 0.717. The number of fused-ring (bicyclic) bond motifs is 1. The number of benzene rings is 2. The second-order valence-electron chi connectivity index (χ2n) is 7.44. The minimum Gasteiger partial charge on any atom is -0.372 e. The fourth-order valence-electron chi connectivity index (χ4n) is 3.97. The summed E-state index contributed by atoms with van der Waals surface area (Å²) < 4.78 is 0. The van der Waals surface area contributed by atoms with Gasteiger partial charge in [0.15, 0.2) is 0 Å². The van der Waals surface area contributed by atoms with Crippen molar-refractivity contribution in [2.24, 2.45) is 0 Å². The maximum Gasteiger partial charge on any atom is 0.224 e. The molecule has 0 atom stereocenters. The van der Waals surface area contributed by atoms with Crippen LogP contribution in [-0.2, 0) is 22.6 Å². The molecular formula is C24H31N3O2. The molecule has 1 aliphatic rings. The summed E-state index contributed by atoms with van der Waals surface area (Å²) in [4.78, 5) is 30.9. The van der Waals surface area contributed by atoms with E-state index < -0.39 is 0 Å². The smallest absolute Gasteiger partial charge is 0.224 e. The summed E-state index contributed by atoms with van der Waals surface area (Å²) in [6.45, 7) is 9.51. The predicted molar refractivity (Wildman–Crippen MR) is 118 cm³/mol. The van der Waals surface area contributed by atoms with Gasteiger partial charge in [-0.25, -0.2) is 0 Å². The molecule has 1 heterocycles. The van der Waals surface area contributed by atoms with Crippen LogP contribution in [0, 0.1) is 0 Å². The average Bonchev–Trinajstić information content (AvgIpc) is 2.75. The van der Waals surface area contributed by atoms with Crippen molar-refractivity contribution in [2.75, 3.05) is 36.0 Å². The van der Waals surface area contributed by atoms with Gasteiger partial charge in [-0.15, -0.1) is 0 Å². The summed E-state index contributed by atoms with van der Waals surface area (Å²) in [6, 6.07) is 16.3. The molecule has 5 heteroatoms. The van der Waals surface area contributed by atoms with Gasteiger partial charge in [0.2, 0.25) is 11.8 Å². The zero-order valence-electron chi connectivity index (χ0n) is 17.7. The number of anilines is 2. The Labute approximate surface area is 173 Å². The monoisotopic (exact) mass is 393 g/mol. The van der Waals surface area contributed by atoms with Gasteiger partial charge in [0.05, 0.1) is 0 Å². The van der Waals surface area contributed by atoms with Gasteiger partial charge >= 0.3 is 0 Å². The molecule has 2 aromatic carbocycles. The molecule has 29 heavy (non-hydrogen) atoms. The van der Waals surface area contributed by atoms with Crippen LogP contribution in [0.4, 0.5) is 11.4 Å². The third kappa shape index (κ3) is 4.97. The standard InChI is InChI=1S/C24H31N3O2/c1-4-25(5-2)22-10-12-23(13-11-22)27(19(3)28)17-15-24(29)26-16-14-20-8-6-7-9-21(20)18-26/h6-13H,4-5,14-18H2,1-3H3. The molecular weight excluding hydrogens is 362 g/mol. The largest absolute Gasteiger partial charge is 0.372 e. The number of nitrogens with zero attached hydrogens (tertiary/aromatic N) is 3. The van der Waals surface area contributed by atoms with E-state index in [-0.39, 0.29) is 11.8 Å². The molecule has 1 aliphatic heterocycles. The Morgan fingerprint density at radius 1 is 0.931 bits per heavy atom. The first-order valence-electron chi connectivity index (χ1n) is 10.5. The fourth-order valence-corrected chi connectivity index (χ4v) is 3.97. The number of rotatable bonds is 7. The molecule has 0 spiro atoms. The fraction of sp³-hybridized carbons (Fsp3) is 0.417. The van der Waals surface area contributed by atoms with Crippen molar-refractivity contribution in [3.63, 3.8) is 0 Å².